The normalized spacial score (nSPS) is 15.5. The lowest BCUT2D eigenvalue weighted by Crippen LogP contribution is -2.35. The van der Waals surface area contributed by atoms with Crippen molar-refractivity contribution in [3.8, 4) is 5.75 Å². The zero-order valence-electron chi connectivity index (χ0n) is 18.2. The zero-order chi connectivity index (χ0) is 23.0. The smallest absolute Gasteiger partial charge is 0.243 e. The van der Waals surface area contributed by atoms with Crippen LogP contribution < -0.4 is 9.46 Å². The standard InChI is InChI=1S/C22H30N2O6S2/c1-2-29-16-17-30-20-8-12-21(13-9-20)31(25,26)23-18-19-6-10-22(11-7-19)32(27,28)24-14-4-3-5-15-24/h6-13,23H,2-5,14-18H2,1H3. The highest BCUT2D eigenvalue weighted by atomic mass is 32.2. The van der Waals surface area contributed by atoms with E-state index < -0.39 is 20.0 Å². The molecule has 32 heavy (non-hydrogen) atoms. The minimum absolute atomic E-state index is 0.0545. The fraction of sp³-hybridized carbons (Fsp3) is 0.455. The molecule has 176 valence electrons. The van der Waals surface area contributed by atoms with Crippen LogP contribution in [-0.2, 0) is 31.3 Å². The van der Waals surface area contributed by atoms with Gasteiger partial charge in [0.25, 0.3) is 0 Å². The van der Waals surface area contributed by atoms with Crippen molar-refractivity contribution in [2.75, 3.05) is 32.9 Å². The molecular weight excluding hydrogens is 452 g/mol. The predicted molar refractivity (Wildman–Crippen MR) is 122 cm³/mol. The molecule has 1 heterocycles. The Bertz CT molecular complexity index is 1060. The van der Waals surface area contributed by atoms with Gasteiger partial charge in [0.2, 0.25) is 20.0 Å². The summed E-state index contributed by atoms with van der Waals surface area (Å²) in [5, 5.41) is 0. The number of rotatable bonds is 11. The molecule has 10 heteroatoms. The third kappa shape index (κ3) is 6.52. The van der Waals surface area contributed by atoms with Gasteiger partial charge in [-0.25, -0.2) is 21.6 Å². The van der Waals surface area contributed by atoms with E-state index in [2.05, 4.69) is 4.72 Å². The Labute approximate surface area is 190 Å². The van der Waals surface area contributed by atoms with Gasteiger partial charge in [0.1, 0.15) is 12.4 Å². The maximum absolute atomic E-state index is 12.7. The molecule has 1 fully saturated rings. The largest absolute Gasteiger partial charge is 0.491 e. The molecule has 0 amide bonds. The molecule has 8 nitrogen and oxygen atoms in total. The summed E-state index contributed by atoms with van der Waals surface area (Å²) in [6.45, 7) is 4.51. The first-order chi connectivity index (χ1) is 15.3. The second-order valence-electron chi connectivity index (χ2n) is 7.45. The van der Waals surface area contributed by atoms with Crippen molar-refractivity contribution in [1.82, 2.24) is 9.03 Å². The van der Waals surface area contributed by atoms with Crippen molar-refractivity contribution in [2.24, 2.45) is 0 Å². The van der Waals surface area contributed by atoms with Gasteiger partial charge in [-0.05, 0) is 61.7 Å². The third-order valence-electron chi connectivity index (χ3n) is 5.18. The molecule has 1 aliphatic rings. The van der Waals surface area contributed by atoms with Crippen molar-refractivity contribution in [2.45, 2.75) is 42.5 Å². The Hall–Kier alpha value is -1.98. The van der Waals surface area contributed by atoms with Gasteiger partial charge in [0.15, 0.2) is 0 Å². The van der Waals surface area contributed by atoms with Crippen molar-refractivity contribution in [3.05, 3.63) is 54.1 Å². The van der Waals surface area contributed by atoms with Crippen LogP contribution in [0.1, 0.15) is 31.7 Å². The van der Waals surface area contributed by atoms with Crippen LogP contribution >= 0.6 is 0 Å². The highest BCUT2D eigenvalue weighted by Crippen LogP contribution is 2.21. The van der Waals surface area contributed by atoms with Gasteiger partial charge in [0, 0.05) is 26.2 Å². The summed E-state index contributed by atoms with van der Waals surface area (Å²) >= 11 is 0. The molecule has 0 aromatic heterocycles. The van der Waals surface area contributed by atoms with Gasteiger partial charge in [-0.3, -0.25) is 0 Å². The molecule has 1 saturated heterocycles. The van der Waals surface area contributed by atoms with E-state index in [0.717, 1.165) is 19.3 Å². The highest BCUT2D eigenvalue weighted by Gasteiger charge is 2.25. The molecule has 1 aliphatic heterocycles. The van der Waals surface area contributed by atoms with Crippen molar-refractivity contribution < 1.29 is 26.3 Å². The van der Waals surface area contributed by atoms with Gasteiger partial charge in [-0.2, -0.15) is 4.31 Å². The molecule has 3 rings (SSSR count). The number of nitrogens with one attached hydrogen (secondary N) is 1. The maximum atomic E-state index is 12.7. The summed E-state index contributed by atoms with van der Waals surface area (Å²) in [7, 11) is -7.22. The quantitative estimate of drug-likeness (QED) is 0.494. The van der Waals surface area contributed by atoms with Crippen molar-refractivity contribution in [1.29, 1.82) is 0 Å². The zero-order valence-corrected chi connectivity index (χ0v) is 19.8. The fourth-order valence-corrected chi connectivity index (χ4v) is 5.91. The summed E-state index contributed by atoms with van der Waals surface area (Å²) in [5.41, 5.74) is 0.669. The van der Waals surface area contributed by atoms with Crippen molar-refractivity contribution >= 4 is 20.0 Å². The summed E-state index contributed by atoms with van der Waals surface area (Å²) in [4.78, 5) is 0.352. The van der Waals surface area contributed by atoms with Crippen LogP contribution in [0.3, 0.4) is 0 Å². The van der Waals surface area contributed by atoms with Crippen LogP contribution in [0.25, 0.3) is 0 Å². The number of piperidine rings is 1. The summed E-state index contributed by atoms with van der Waals surface area (Å²) < 4.78 is 65.3. The summed E-state index contributed by atoms with van der Waals surface area (Å²) in [6.07, 6.45) is 2.80. The highest BCUT2D eigenvalue weighted by molar-refractivity contribution is 7.89. The maximum Gasteiger partial charge on any atom is 0.243 e. The first-order valence-corrected chi connectivity index (χ1v) is 13.6. The molecule has 0 unspecified atom stereocenters. The molecule has 0 aliphatic carbocycles. The van der Waals surface area contributed by atoms with Crippen molar-refractivity contribution in [3.63, 3.8) is 0 Å². The molecule has 1 N–H and O–H groups in total. The van der Waals surface area contributed by atoms with Crippen LogP contribution in [-0.4, -0.2) is 54.1 Å². The van der Waals surface area contributed by atoms with Crippen LogP contribution in [0.15, 0.2) is 58.3 Å². The number of ether oxygens (including phenoxy) is 2. The average molecular weight is 483 g/mol. The SMILES string of the molecule is CCOCCOc1ccc(S(=O)(=O)NCc2ccc(S(=O)(=O)N3CCCCC3)cc2)cc1. The van der Waals surface area contributed by atoms with E-state index in [0.29, 0.717) is 44.2 Å². The van der Waals surface area contributed by atoms with E-state index in [-0.39, 0.29) is 16.3 Å². The lowest BCUT2D eigenvalue weighted by Gasteiger charge is -2.25. The van der Waals surface area contributed by atoms with E-state index in [1.54, 1.807) is 24.3 Å². The number of hydrogen-bond acceptors (Lipinski definition) is 6. The minimum atomic E-state index is -3.72. The van der Waals surface area contributed by atoms with E-state index in [1.807, 2.05) is 6.92 Å². The molecule has 0 radical (unpaired) electrons. The van der Waals surface area contributed by atoms with Crippen LogP contribution in [0, 0.1) is 0 Å². The predicted octanol–water partition coefficient (Wildman–Crippen LogP) is 2.76. The number of nitrogens with zero attached hydrogens (tertiary/aromatic N) is 1. The second kappa shape index (κ2) is 11.2. The molecule has 2 aromatic carbocycles. The van der Waals surface area contributed by atoms with E-state index in [4.69, 9.17) is 9.47 Å². The van der Waals surface area contributed by atoms with Gasteiger partial charge < -0.3 is 9.47 Å². The molecule has 0 atom stereocenters. The molecular formula is C22H30N2O6S2. The second-order valence-corrected chi connectivity index (χ2v) is 11.2. The summed E-state index contributed by atoms with van der Waals surface area (Å²) in [5.74, 6) is 0.564. The van der Waals surface area contributed by atoms with Gasteiger partial charge in [0.05, 0.1) is 16.4 Å². The summed E-state index contributed by atoms with van der Waals surface area (Å²) in [6, 6.07) is 12.5. The third-order valence-corrected chi connectivity index (χ3v) is 8.51. The number of benzene rings is 2. The van der Waals surface area contributed by atoms with Crippen LogP contribution in [0.4, 0.5) is 0 Å². The Kier molecular flexibility index (Phi) is 8.66. The Balaban J connectivity index is 1.57. The minimum Gasteiger partial charge on any atom is -0.491 e. The molecule has 2 aromatic rings. The lowest BCUT2D eigenvalue weighted by molar-refractivity contribution is 0.110. The number of sulfonamides is 2. The topological polar surface area (TPSA) is 102 Å². The Morgan fingerprint density at radius 1 is 0.844 bits per heavy atom. The molecule has 0 spiro atoms. The average Bonchev–Trinajstić information content (AvgIpc) is 2.82. The lowest BCUT2D eigenvalue weighted by atomic mass is 10.2. The van der Waals surface area contributed by atoms with Gasteiger partial charge in [-0.15, -0.1) is 0 Å². The van der Waals surface area contributed by atoms with E-state index in [9.17, 15) is 16.8 Å². The van der Waals surface area contributed by atoms with E-state index >= 15 is 0 Å². The Morgan fingerprint density at radius 3 is 2.09 bits per heavy atom. The first kappa shape index (κ1) is 24.7. The first-order valence-electron chi connectivity index (χ1n) is 10.7. The Morgan fingerprint density at radius 2 is 1.47 bits per heavy atom. The fourth-order valence-electron chi connectivity index (χ4n) is 3.37. The molecule has 0 bridgehead atoms. The van der Waals surface area contributed by atoms with E-state index in [1.165, 1.54) is 28.6 Å². The van der Waals surface area contributed by atoms with Crippen LogP contribution in [0.2, 0.25) is 0 Å². The van der Waals surface area contributed by atoms with Crippen LogP contribution in [0.5, 0.6) is 5.75 Å². The number of hydrogen-bond donors (Lipinski definition) is 1. The van der Waals surface area contributed by atoms with Gasteiger partial charge >= 0.3 is 0 Å². The monoisotopic (exact) mass is 482 g/mol. The van der Waals surface area contributed by atoms with Gasteiger partial charge in [-0.1, -0.05) is 18.6 Å². The molecule has 0 saturated carbocycles.